The largest absolute Gasteiger partial charge is 0.462 e. The van der Waals surface area contributed by atoms with E-state index in [1.165, 1.54) is 24.2 Å². The Hall–Kier alpha value is -2.65. The Balaban J connectivity index is 1.64. The molecule has 5 nitrogen and oxygen atoms in total. The zero-order valence-electron chi connectivity index (χ0n) is 17.9. The Morgan fingerprint density at radius 3 is 2.68 bits per heavy atom. The summed E-state index contributed by atoms with van der Waals surface area (Å²) < 4.78 is 5.32. The average molecular weight is 437 g/mol. The van der Waals surface area contributed by atoms with Gasteiger partial charge in [-0.2, -0.15) is 5.26 Å². The number of esters is 1. The summed E-state index contributed by atoms with van der Waals surface area (Å²) in [6, 6.07) is 12.4. The van der Waals surface area contributed by atoms with Crippen LogP contribution in [-0.4, -0.2) is 18.5 Å². The lowest BCUT2D eigenvalue weighted by atomic mass is 9.70. The highest BCUT2D eigenvalue weighted by Crippen LogP contribution is 2.45. The molecule has 0 spiro atoms. The number of anilines is 1. The Kier molecular flexibility index (Phi) is 6.43. The van der Waals surface area contributed by atoms with E-state index >= 15 is 0 Å². The van der Waals surface area contributed by atoms with Crippen LogP contribution < -0.4 is 5.32 Å². The molecule has 31 heavy (non-hydrogen) atoms. The summed E-state index contributed by atoms with van der Waals surface area (Å²) in [5.41, 5.74) is 1.81. The van der Waals surface area contributed by atoms with Gasteiger partial charge in [-0.15, -0.1) is 11.3 Å². The van der Waals surface area contributed by atoms with Gasteiger partial charge in [-0.3, -0.25) is 4.79 Å². The summed E-state index contributed by atoms with van der Waals surface area (Å²) in [7, 11) is 0. The third-order valence-corrected chi connectivity index (χ3v) is 7.72. The number of nitrogens with one attached hydrogen (secondary N) is 1. The fraction of sp³-hybridized carbons (Fsp3) is 0.480. The van der Waals surface area contributed by atoms with E-state index in [1.807, 2.05) is 30.3 Å². The Bertz CT molecular complexity index is 1000. The topological polar surface area (TPSA) is 79.2 Å². The lowest BCUT2D eigenvalue weighted by Crippen LogP contribution is -2.31. The predicted molar refractivity (Wildman–Crippen MR) is 121 cm³/mol. The van der Waals surface area contributed by atoms with Gasteiger partial charge < -0.3 is 10.1 Å². The standard InChI is InChI=1S/C25H28N2O3S/c1-2-30-24(29)22-19-12-13-25(16-26,18-10-4-3-5-11-18)15-20(19)31-23(22)27-21(28)14-17-8-6-7-9-17/h3-5,10-11,17H,2,6-9,12-15H2,1H3,(H,27,28)/t25-/m1/s1. The monoisotopic (exact) mass is 436 g/mol. The third-order valence-electron chi connectivity index (χ3n) is 6.58. The molecule has 1 saturated carbocycles. The second kappa shape index (κ2) is 9.23. The van der Waals surface area contributed by atoms with Gasteiger partial charge in [0.1, 0.15) is 5.00 Å². The number of ether oxygens (including phenoxy) is 1. The molecule has 0 radical (unpaired) electrons. The molecule has 1 amide bonds. The normalized spacial score (nSPS) is 20.6. The van der Waals surface area contributed by atoms with Crippen molar-refractivity contribution in [3.05, 3.63) is 51.9 Å². The number of thiophene rings is 1. The van der Waals surface area contributed by atoms with Crippen LogP contribution >= 0.6 is 11.3 Å². The minimum Gasteiger partial charge on any atom is -0.462 e. The summed E-state index contributed by atoms with van der Waals surface area (Å²) >= 11 is 1.43. The van der Waals surface area contributed by atoms with E-state index in [4.69, 9.17) is 4.74 Å². The van der Waals surface area contributed by atoms with Crippen LogP contribution in [0, 0.1) is 17.2 Å². The van der Waals surface area contributed by atoms with Crippen LogP contribution in [0.25, 0.3) is 0 Å². The maximum Gasteiger partial charge on any atom is 0.341 e. The molecule has 1 aromatic heterocycles. The van der Waals surface area contributed by atoms with Crippen molar-refractivity contribution in [1.82, 2.24) is 0 Å². The van der Waals surface area contributed by atoms with Gasteiger partial charge in [0.05, 0.1) is 23.7 Å². The quantitative estimate of drug-likeness (QED) is 0.616. The molecule has 4 rings (SSSR count). The summed E-state index contributed by atoms with van der Waals surface area (Å²) in [5, 5.41) is 13.7. The molecular weight excluding hydrogens is 408 g/mol. The number of nitrogens with zero attached hydrogens (tertiary/aromatic N) is 1. The predicted octanol–water partition coefficient (Wildman–Crippen LogP) is 5.39. The van der Waals surface area contributed by atoms with Crippen LogP contribution in [-0.2, 0) is 27.8 Å². The third kappa shape index (κ3) is 4.38. The summed E-state index contributed by atoms with van der Waals surface area (Å²) in [6.07, 6.45) is 6.86. The zero-order valence-corrected chi connectivity index (χ0v) is 18.7. The maximum atomic E-state index is 12.8. The van der Waals surface area contributed by atoms with Gasteiger partial charge in [0.2, 0.25) is 5.91 Å². The van der Waals surface area contributed by atoms with Crippen molar-refractivity contribution in [2.45, 2.75) is 63.7 Å². The number of nitriles is 1. The van der Waals surface area contributed by atoms with Gasteiger partial charge in [-0.25, -0.2) is 4.79 Å². The fourth-order valence-electron chi connectivity index (χ4n) is 4.95. The first-order chi connectivity index (χ1) is 15.1. The molecule has 2 aromatic rings. The molecule has 0 aliphatic heterocycles. The maximum absolute atomic E-state index is 12.8. The summed E-state index contributed by atoms with van der Waals surface area (Å²) in [4.78, 5) is 26.5. The molecule has 6 heteroatoms. The highest BCUT2D eigenvalue weighted by molar-refractivity contribution is 7.17. The number of carbonyl (C=O) groups is 2. The van der Waals surface area contributed by atoms with Crippen LogP contribution in [0.4, 0.5) is 5.00 Å². The zero-order chi connectivity index (χ0) is 21.8. The van der Waals surface area contributed by atoms with E-state index in [2.05, 4.69) is 11.4 Å². The molecule has 1 fully saturated rings. The number of carbonyl (C=O) groups excluding carboxylic acids is 2. The van der Waals surface area contributed by atoms with Crippen LogP contribution in [0.1, 0.15) is 71.8 Å². The van der Waals surface area contributed by atoms with Crippen molar-refractivity contribution in [2.24, 2.45) is 5.92 Å². The van der Waals surface area contributed by atoms with Crippen LogP contribution in [0.5, 0.6) is 0 Å². The van der Waals surface area contributed by atoms with Gasteiger partial charge in [-0.1, -0.05) is 43.2 Å². The average Bonchev–Trinajstić information content (AvgIpc) is 3.41. The van der Waals surface area contributed by atoms with E-state index in [-0.39, 0.29) is 18.5 Å². The molecule has 0 saturated heterocycles. The van der Waals surface area contributed by atoms with Crippen molar-refractivity contribution in [3.8, 4) is 6.07 Å². The number of benzene rings is 1. The molecule has 2 aliphatic carbocycles. The highest BCUT2D eigenvalue weighted by atomic mass is 32.1. The lowest BCUT2D eigenvalue weighted by molar-refractivity contribution is -0.117. The molecule has 1 N–H and O–H groups in total. The van der Waals surface area contributed by atoms with Crippen LogP contribution in [0.15, 0.2) is 30.3 Å². The van der Waals surface area contributed by atoms with E-state index in [0.717, 1.165) is 28.8 Å². The van der Waals surface area contributed by atoms with Gasteiger partial charge in [-0.05, 0) is 49.7 Å². The van der Waals surface area contributed by atoms with E-state index in [9.17, 15) is 14.9 Å². The molecule has 2 aliphatic rings. The molecular formula is C25H28N2O3S. The molecule has 1 heterocycles. The Morgan fingerprint density at radius 2 is 2.00 bits per heavy atom. The first kappa shape index (κ1) is 21.6. The van der Waals surface area contributed by atoms with Gasteiger partial charge >= 0.3 is 5.97 Å². The Labute approximate surface area is 187 Å². The van der Waals surface area contributed by atoms with Gasteiger partial charge in [0.25, 0.3) is 0 Å². The second-order valence-corrected chi connectivity index (χ2v) is 9.67. The van der Waals surface area contributed by atoms with E-state index < -0.39 is 5.41 Å². The highest BCUT2D eigenvalue weighted by Gasteiger charge is 2.40. The first-order valence-corrected chi connectivity index (χ1v) is 12.0. The van der Waals surface area contributed by atoms with Crippen molar-refractivity contribution in [1.29, 1.82) is 5.26 Å². The fourth-order valence-corrected chi connectivity index (χ4v) is 6.31. The van der Waals surface area contributed by atoms with Crippen molar-refractivity contribution in [3.63, 3.8) is 0 Å². The first-order valence-electron chi connectivity index (χ1n) is 11.1. The molecule has 0 bridgehead atoms. The molecule has 162 valence electrons. The van der Waals surface area contributed by atoms with Crippen LogP contribution in [0.3, 0.4) is 0 Å². The SMILES string of the molecule is CCOC(=O)c1c(NC(=O)CC2CCCC2)sc2c1CC[C@@](C#N)(c1ccccc1)C2. The summed E-state index contributed by atoms with van der Waals surface area (Å²) in [6.45, 7) is 2.07. The van der Waals surface area contributed by atoms with Crippen LogP contribution in [0.2, 0.25) is 0 Å². The molecule has 1 atom stereocenters. The minimum absolute atomic E-state index is 0.0364. The number of rotatable bonds is 6. The smallest absolute Gasteiger partial charge is 0.341 e. The van der Waals surface area contributed by atoms with Crippen molar-refractivity contribution < 1.29 is 14.3 Å². The number of hydrogen-bond donors (Lipinski definition) is 1. The summed E-state index contributed by atoms with van der Waals surface area (Å²) in [5.74, 6) is 0.0101. The number of hydrogen-bond acceptors (Lipinski definition) is 5. The van der Waals surface area contributed by atoms with Crippen molar-refractivity contribution >= 4 is 28.2 Å². The lowest BCUT2D eigenvalue weighted by Gasteiger charge is -2.31. The van der Waals surface area contributed by atoms with Gasteiger partial charge in [0.15, 0.2) is 0 Å². The van der Waals surface area contributed by atoms with Crippen molar-refractivity contribution in [2.75, 3.05) is 11.9 Å². The molecule has 0 unspecified atom stereocenters. The number of amides is 1. The Morgan fingerprint density at radius 1 is 1.26 bits per heavy atom. The molecule has 1 aromatic carbocycles. The van der Waals surface area contributed by atoms with Gasteiger partial charge in [0, 0.05) is 17.7 Å². The second-order valence-electron chi connectivity index (χ2n) is 8.57. The minimum atomic E-state index is -0.615. The number of fused-ring (bicyclic) bond motifs is 1. The van der Waals surface area contributed by atoms with E-state index in [0.29, 0.717) is 42.2 Å². The van der Waals surface area contributed by atoms with E-state index in [1.54, 1.807) is 6.92 Å².